The smallest absolute Gasteiger partial charge is 0.306 e. The van der Waals surface area contributed by atoms with Crippen LogP contribution < -0.4 is 4.72 Å². The molecule has 0 amide bonds. The highest BCUT2D eigenvalue weighted by molar-refractivity contribution is 7.78. The first-order chi connectivity index (χ1) is 24.6. The summed E-state index contributed by atoms with van der Waals surface area (Å²) in [4.78, 5) is 27.3. The second-order valence-corrected chi connectivity index (χ2v) is 15.3. The normalized spacial score (nSPS) is 12.1. The van der Waals surface area contributed by atoms with Gasteiger partial charge in [-0.3, -0.25) is 14.3 Å². The molecule has 1 atom stereocenters. The average molecular weight is 727 g/mol. The zero-order valence-electron chi connectivity index (χ0n) is 33.8. The van der Waals surface area contributed by atoms with Gasteiger partial charge in [-0.1, -0.05) is 162 Å². The number of hydrogen-bond donors (Lipinski definition) is 2. The maximum Gasteiger partial charge on any atom is 0.306 e. The molecular formula is C43H86N2O4S. The van der Waals surface area contributed by atoms with Crippen LogP contribution in [-0.4, -0.2) is 55.7 Å². The Morgan fingerprint density at radius 3 is 1.40 bits per heavy atom. The van der Waals surface area contributed by atoms with Gasteiger partial charge in [0.05, 0.1) is 6.61 Å². The highest BCUT2D eigenvalue weighted by Crippen LogP contribution is 2.18. The molecule has 6 nitrogen and oxygen atoms in total. The van der Waals surface area contributed by atoms with Crippen LogP contribution in [0.5, 0.6) is 0 Å². The Kier molecular flexibility index (Phi) is 40.3. The van der Waals surface area contributed by atoms with E-state index in [1.165, 1.54) is 141 Å². The highest BCUT2D eigenvalue weighted by Gasteiger charge is 2.14. The van der Waals surface area contributed by atoms with E-state index in [1.54, 1.807) is 0 Å². The van der Waals surface area contributed by atoms with Gasteiger partial charge in [0.1, 0.15) is 6.10 Å². The first kappa shape index (κ1) is 49.2. The summed E-state index contributed by atoms with van der Waals surface area (Å²) in [6, 6.07) is 0. The minimum atomic E-state index is -0.0154. The lowest BCUT2D eigenvalue weighted by atomic mass is 10.0. The lowest BCUT2D eigenvalue weighted by Gasteiger charge is -2.22. The fourth-order valence-corrected chi connectivity index (χ4v) is 6.92. The number of hydrogen-bond acceptors (Lipinski definition) is 7. The van der Waals surface area contributed by atoms with Crippen molar-refractivity contribution >= 4 is 24.8 Å². The number of esters is 2. The van der Waals surface area contributed by atoms with Crippen molar-refractivity contribution in [1.82, 2.24) is 9.62 Å². The van der Waals surface area contributed by atoms with Gasteiger partial charge in [-0.05, 0) is 83.8 Å². The number of nitrogens with zero attached hydrogens (tertiary/aromatic N) is 1. The fourth-order valence-electron chi connectivity index (χ4n) is 6.76. The summed E-state index contributed by atoms with van der Waals surface area (Å²) in [7, 11) is 0. The van der Waals surface area contributed by atoms with Crippen molar-refractivity contribution in [3.8, 4) is 0 Å². The van der Waals surface area contributed by atoms with Gasteiger partial charge in [0.15, 0.2) is 0 Å². The lowest BCUT2D eigenvalue weighted by Crippen LogP contribution is -2.28. The molecule has 1 unspecified atom stereocenters. The minimum absolute atomic E-state index is 0.0154. The van der Waals surface area contributed by atoms with Crippen molar-refractivity contribution in [3.05, 3.63) is 0 Å². The number of carbonyl (C=O) groups excluding carboxylic acids is 2. The van der Waals surface area contributed by atoms with E-state index in [9.17, 15) is 9.59 Å². The Balaban J connectivity index is 4.08. The van der Waals surface area contributed by atoms with Gasteiger partial charge < -0.3 is 14.4 Å². The predicted molar refractivity (Wildman–Crippen MR) is 219 cm³/mol. The van der Waals surface area contributed by atoms with Crippen molar-refractivity contribution in [1.29, 1.82) is 0 Å². The molecule has 0 heterocycles. The van der Waals surface area contributed by atoms with Crippen LogP contribution in [0.25, 0.3) is 0 Å². The van der Waals surface area contributed by atoms with E-state index >= 15 is 0 Å². The maximum atomic E-state index is 12.7. The molecule has 7 heteroatoms. The summed E-state index contributed by atoms with van der Waals surface area (Å²) < 4.78 is 14.4. The van der Waals surface area contributed by atoms with Gasteiger partial charge in [-0.15, -0.1) is 0 Å². The van der Waals surface area contributed by atoms with Crippen LogP contribution in [0.3, 0.4) is 0 Å². The van der Waals surface area contributed by atoms with E-state index in [1.807, 2.05) is 0 Å². The zero-order chi connectivity index (χ0) is 36.6. The average Bonchev–Trinajstić information content (AvgIpc) is 3.11. The second-order valence-electron chi connectivity index (χ2n) is 15.0. The van der Waals surface area contributed by atoms with Gasteiger partial charge in [0.25, 0.3) is 0 Å². The molecule has 50 heavy (non-hydrogen) atoms. The van der Waals surface area contributed by atoms with Crippen molar-refractivity contribution in [3.63, 3.8) is 0 Å². The third-order valence-corrected chi connectivity index (χ3v) is 10.3. The molecule has 0 aromatic heterocycles. The molecule has 0 aliphatic carbocycles. The Hall–Kier alpha value is -0.790. The number of thiol groups is 1. The Labute approximate surface area is 317 Å². The van der Waals surface area contributed by atoms with Gasteiger partial charge in [-0.25, -0.2) is 0 Å². The summed E-state index contributed by atoms with van der Waals surface area (Å²) in [6.07, 6.45) is 37.3. The number of ether oxygens (including phenoxy) is 2. The Morgan fingerprint density at radius 2 is 0.900 bits per heavy atom. The van der Waals surface area contributed by atoms with Gasteiger partial charge in [0.2, 0.25) is 0 Å². The molecule has 0 aromatic rings. The topological polar surface area (TPSA) is 67.9 Å². The molecule has 0 rings (SSSR count). The lowest BCUT2D eigenvalue weighted by molar-refractivity contribution is -0.150. The van der Waals surface area contributed by atoms with Crippen LogP contribution >= 0.6 is 12.8 Å². The molecule has 0 saturated heterocycles. The number of carbonyl (C=O) groups is 2. The number of nitrogens with one attached hydrogen (secondary N) is 1. The van der Waals surface area contributed by atoms with Crippen molar-refractivity contribution in [2.24, 2.45) is 0 Å². The highest BCUT2D eigenvalue weighted by atomic mass is 32.1. The Morgan fingerprint density at radius 1 is 0.500 bits per heavy atom. The second kappa shape index (κ2) is 41.0. The van der Waals surface area contributed by atoms with Crippen LogP contribution in [0, 0.1) is 0 Å². The minimum Gasteiger partial charge on any atom is -0.466 e. The van der Waals surface area contributed by atoms with Crippen LogP contribution in [0.15, 0.2) is 0 Å². The summed E-state index contributed by atoms with van der Waals surface area (Å²) in [6.45, 7) is 11.7. The fraction of sp³-hybridized carbons (Fsp3) is 0.953. The van der Waals surface area contributed by atoms with E-state index in [-0.39, 0.29) is 18.0 Å². The van der Waals surface area contributed by atoms with Gasteiger partial charge in [-0.2, -0.15) is 0 Å². The van der Waals surface area contributed by atoms with Crippen molar-refractivity contribution in [2.75, 3.05) is 32.8 Å². The van der Waals surface area contributed by atoms with E-state index in [0.717, 1.165) is 77.5 Å². The Bertz CT molecular complexity index is 710. The largest absolute Gasteiger partial charge is 0.466 e. The van der Waals surface area contributed by atoms with Gasteiger partial charge >= 0.3 is 11.9 Å². The molecule has 0 spiro atoms. The van der Waals surface area contributed by atoms with Crippen LogP contribution in [-0.2, 0) is 19.1 Å². The molecule has 0 saturated carbocycles. The summed E-state index contributed by atoms with van der Waals surface area (Å²) in [5.41, 5.74) is 0. The van der Waals surface area contributed by atoms with Crippen LogP contribution in [0.1, 0.15) is 226 Å². The van der Waals surface area contributed by atoms with Crippen LogP contribution in [0.2, 0.25) is 0 Å². The van der Waals surface area contributed by atoms with E-state index in [2.05, 4.69) is 43.2 Å². The monoisotopic (exact) mass is 727 g/mol. The number of rotatable bonds is 41. The van der Waals surface area contributed by atoms with E-state index in [4.69, 9.17) is 9.47 Å². The molecule has 0 aromatic carbocycles. The third-order valence-electron chi connectivity index (χ3n) is 10.0. The summed E-state index contributed by atoms with van der Waals surface area (Å²) >= 11 is 4.17. The van der Waals surface area contributed by atoms with Crippen LogP contribution in [0.4, 0.5) is 0 Å². The van der Waals surface area contributed by atoms with E-state index in [0.29, 0.717) is 19.4 Å². The molecule has 298 valence electrons. The molecular weight excluding hydrogens is 641 g/mol. The van der Waals surface area contributed by atoms with E-state index < -0.39 is 0 Å². The first-order valence-corrected chi connectivity index (χ1v) is 22.5. The quantitative estimate of drug-likeness (QED) is 0.0371. The first-order valence-electron chi connectivity index (χ1n) is 22.0. The predicted octanol–water partition coefficient (Wildman–Crippen LogP) is 12.7. The molecule has 0 aliphatic rings. The summed E-state index contributed by atoms with van der Waals surface area (Å²) in [5, 5.41) is 0. The zero-order valence-corrected chi connectivity index (χ0v) is 34.7. The molecule has 1 N–H and O–H groups in total. The molecule has 0 bridgehead atoms. The molecule has 0 radical (unpaired) electrons. The van der Waals surface area contributed by atoms with Gasteiger partial charge in [0, 0.05) is 19.4 Å². The summed E-state index contributed by atoms with van der Waals surface area (Å²) in [5.74, 6) is 0.0142. The standard InChI is InChI=1S/C43H86N2O4S/c1-4-7-10-13-18-25-33-41(32-24-17-12-9-6-3)49-43(47)35-27-20-16-22-29-38-45(39-31-36-44-50)37-28-21-15-19-26-34-42(46)48-40-30-23-14-11-8-5-2/h41,44,50H,4-40H2,1-3H3. The molecule has 0 aliphatic heterocycles. The maximum absolute atomic E-state index is 12.7. The molecule has 0 fully saturated rings. The third kappa shape index (κ3) is 37.0. The SMILES string of the molecule is CCCCCCCCOC(=O)CCCCCCCN(CCCCCCCC(=O)OC(CCCCCCC)CCCCCCCC)CCCNS. The van der Waals surface area contributed by atoms with Crippen molar-refractivity contribution < 1.29 is 19.1 Å². The number of unbranched alkanes of at least 4 members (excludes halogenated alkanes) is 22. The van der Waals surface area contributed by atoms with Crippen molar-refractivity contribution in [2.45, 2.75) is 232 Å².